The maximum Gasteiger partial charge on any atom is 0.154 e. The molecule has 2 N–H and O–H groups in total. The predicted molar refractivity (Wildman–Crippen MR) is 96.3 cm³/mol. The lowest BCUT2D eigenvalue weighted by molar-refractivity contribution is 0.176. The van der Waals surface area contributed by atoms with Crippen molar-refractivity contribution in [1.29, 1.82) is 0 Å². The molecule has 0 radical (unpaired) electrons. The fourth-order valence-electron chi connectivity index (χ4n) is 3.36. The van der Waals surface area contributed by atoms with Gasteiger partial charge in [-0.05, 0) is 12.1 Å². The molecule has 138 valence electrons. The number of ether oxygens (including phenoxy) is 1. The molecular formula is C18H18F3N3OS. The Kier molecular flexibility index (Phi) is 4.98. The van der Waals surface area contributed by atoms with Crippen LogP contribution in [0.15, 0.2) is 35.6 Å². The molecule has 8 heteroatoms. The number of nitrogens with zero attached hydrogens (tertiary/aromatic N) is 2. The van der Waals surface area contributed by atoms with Crippen molar-refractivity contribution in [3.63, 3.8) is 0 Å². The third-order valence-electron chi connectivity index (χ3n) is 4.60. The lowest BCUT2D eigenvalue weighted by atomic mass is 9.80. The van der Waals surface area contributed by atoms with E-state index in [2.05, 4.69) is 9.98 Å². The topological polar surface area (TPSA) is 60.5 Å². The number of rotatable bonds is 2. The van der Waals surface area contributed by atoms with Crippen molar-refractivity contribution >= 4 is 16.9 Å². The van der Waals surface area contributed by atoms with Gasteiger partial charge in [0.05, 0.1) is 19.4 Å². The quantitative estimate of drug-likeness (QED) is 0.862. The van der Waals surface area contributed by atoms with E-state index < -0.39 is 23.0 Å². The molecule has 2 atom stereocenters. The van der Waals surface area contributed by atoms with Crippen molar-refractivity contribution in [3.8, 4) is 11.1 Å². The highest BCUT2D eigenvalue weighted by atomic mass is 32.2. The van der Waals surface area contributed by atoms with Crippen molar-refractivity contribution in [1.82, 2.24) is 4.98 Å². The van der Waals surface area contributed by atoms with Gasteiger partial charge >= 0.3 is 0 Å². The third kappa shape index (κ3) is 2.97. The molecule has 1 saturated heterocycles. The van der Waals surface area contributed by atoms with Crippen molar-refractivity contribution < 1.29 is 17.9 Å². The van der Waals surface area contributed by atoms with E-state index >= 15 is 0 Å². The molecule has 4 nitrogen and oxygen atoms in total. The summed E-state index contributed by atoms with van der Waals surface area (Å²) in [5.41, 5.74) is 5.38. The van der Waals surface area contributed by atoms with Crippen LogP contribution in [0.5, 0.6) is 0 Å². The molecule has 0 amide bonds. The summed E-state index contributed by atoms with van der Waals surface area (Å²) in [4.78, 5) is 8.20. The maximum absolute atomic E-state index is 14.7. The zero-order valence-corrected chi connectivity index (χ0v) is 13.8. The first-order valence-corrected chi connectivity index (χ1v) is 8.64. The molecule has 0 bridgehead atoms. The number of fused-ring (bicyclic) bond motifs is 1. The Hall–Kier alpha value is -2.06. The number of pyridine rings is 1. The van der Waals surface area contributed by atoms with Gasteiger partial charge in [-0.1, -0.05) is 19.2 Å². The number of amidine groups is 1. The molecule has 0 aliphatic carbocycles. The second-order valence-electron chi connectivity index (χ2n) is 6.10. The number of aliphatic imine (C=N–C) groups is 1. The van der Waals surface area contributed by atoms with E-state index in [9.17, 15) is 13.2 Å². The Balaban J connectivity index is 0.00000196. The standard InChI is InChI=1S/C17H14F3N3OS.CH4/c18-11-1-9(4-22-5-11)12-2-13(15(20)3-14(12)19)17-8-24-6-10(17)7-25-16(21)23-17;/h1-5,10H,6-8H2,(H2,21,23);1H4/t10-,17-;/m0./s1. The Morgan fingerprint density at radius 1 is 1.15 bits per heavy atom. The van der Waals surface area contributed by atoms with Gasteiger partial charge in [0.15, 0.2) is 5.17 Å². The van der Waals surface area contributed by atoms with Crippen LogP contribution in [0.2, 0.25) is 0 Å². The van der Waals surface area contributed by atoms with E-state index in [4.69, 9.17) is 10.5 Å². The monoisotopic (exact) mass is 381 g/mol. The molecule has 1 aromatic heterocycles. The van der Waals surface area contributed by atoms with E-state index in [1.807, 2.05) is 0 Å². The minimum atomic E-state index is -0.984. The molecule has 2 aliphatic heterocycles. The van der Waals surface area contributed by atoms with Crippen molar-refractivity contribution in [2.75, 3.05) is 19.0 Å². The van der Waals surface area contributed by atoms with Gasteiger partial charge in [-0.25, -0.2) is 18.2 Å². The maximum atomic E-state index is 14.7. The number of halogens is 3. The fourth-order valence-corrected chi connectivity index (χ4v) is 4.33. The van der Waals surface area contributed by atoms with E-state index in [1.165, 1.54) is 24.0 Å². The van der Waals surface area contributed by atoms with Gasteiger partial charge in [0.1, 0.15) is 23.0 Å². The molecule has 4 rings (SSSR count). The van der Waals surface area contributed by atoms with Crippen LogP contribution in [-0.2, 0) is 10.3 Å². The number of thioether (sulfide) groups is 1. The van der Waals surface area contributed by atoms with E-state index in [-0.39, 0.29) is 36.6 Å². The van der Waals surface area contributed by atoms with Crippen molar-refractivity contribution in [3.05, 3.63) is 53.6 Å². The Bertz CT molecular complexity index is 877. The molecule has 0 spiro atoms. The normalized spacial score (nSPS) is 24.6. The number of hydrogen-bond donors (Lipinski definition) is 1. The van der Waals surface area contributed by atoms with E-state index in [0.29, 0.717) is 17.5 Å². The van der Waals surface area contributed by atoms with Crippen LogP contribution in [0, 0.1) is 23.4 Å². The summed E-state index contributed by atoms with van der Waals surface area (Å²) in [6.07, 6.45) is 2.35. The molecule has 0 saturated carbocycles. The lowest BCUT2D eigenvalue weighted by Crippen LogP contribution is -2.40. The molecular weight excluding hydrogens is 363 g/mol. The molecule has 1 aromatic carbocycles. The van der Waals surface area contributed by atoms with Crippen LogP contribution in [0.3, 0.4) is 0 Å². The highest BCUT2D eigenvalue weighted by molar-refractivity contribution is 8.13. The van der Waals surface area contributed by atoms with Gasteiger partial charge < -0.3 is 10.5 Å². The third-order valence-corrected chi connectivity index (χ3v) is 5.55. The van der Waals surface area contributed by atoms with Gasteiger partial charge in [-0.2, -0.15) is 0 Å². The summed E-state index contributed by atoms with van der Waals surface area (Å²) in [5.74, 6) is -1.53. The molecule has 3 heterocycles. The molecule has 2 aliphatic rings. The number of hydrogen-bond acceptors (Lipinski definition) is 5. The highest BCUT2D eigenvalue weighted by Gasteiger charge is 2.49. The first-order valence-electron chi connectivity index (χ1n) is 7.66. The van der Waals surface area contributed by atoms with Crippen LogP contribution < -0.4 is 5.73 Å². The first kappa shape index (κ1) is 18.7. The van der Waals surface area contributed by atoms with Gasteiger partial charge in [-0.3, -0.25) is 4.98 Å². The minimum Gasteiger partial charge on any atom is -0.379 e. The number of benzene rings is 1. The van der Waals surface area contributed by atoms with Crippen LogP contribution >= 0.6 is 11.8 Å². The van der Waals surface area contributed by atoms with Crippen LogP contribution in [0.4, 0.5) is 13.2 Å². The lowest BCUT2D eigenvalue weighted by Gasteiger charge is -2.34. The predicted octanol–water partition coefficient (Wildman–Crippen LogP) is 3.71. The zero-order valence-electron chi connectivity index (χ0n) is 13.0. The van der Waals surface area contributed by atoms with Gasteiger partial charge in [0.25, 0.3) is 0 Å². The van der Waals surface area contributed by atoms with Crippen molar-refractivity contribution in [2.24, 2.45) is 16.6 Å². The number of nitrogens with two attached hydrogens (primary N) is 1. The van der Waals surface area contributed by atoms with E-state index in [0.717, 1.165) is 18.3 Å². The number of aromatic nitrogens is 1. The largest absolute Gasteiger partial charge is 0.379 e. The summed E-state index contributed by atoms with van der Waals surface area (Å²) in [5, 5.41) is 0.347. The Morgan fingerprint density at radius 3 is 2.73 bits per heavy atom. The molecule has 0 unspecified atom stereocenters. The second kappa shape index (κ2) is 6.92. The highest BCUT2D eigenvalue weighted by Crippen LogP contribution is 2.46. The molecule has 26 heavy (non-hydrogen) atoms. The average molecular weight is 381 g/mol. The summed E-state index contributed by atoms with van der Waals surface area (Å²) < 4.78 is 48.0. The Morgan fingerprint density at radius 2 is 1.96 bits per heavy atom. The first-order chi connectivity index (χ1) is 12.0. The fraction of sp³-hybridized carbons (Fsp3) is 0.333. The molecule has 1 fully saturated rings. The summed E-state index contributed by atoms with van der Waals surface area (Å²) in [6.45, 7) is 0.597. The van der Waals surface area contributed by atoms with Crippen LogP contribution in [0.25, 0.3) is 11.1 Å². The summed E-state index contributed by atoms with van der Waals surface area (Å²) in [7, 11) is 0. The van der Waals surface area contributed by atoms with Crippen molar-refractivity contribution in [2.45, 2.75) is 13.0 Å². The van der Waals surface area contributed by atoms with Crippen LogP contribution in [0.1, 0.15) is 13.0 Å². The van der Waals surface area contributed by atoms with Crippen LogP contribution in [-0.4, -0.2) is 29.1 Å². The van der Waals surface area contributed by atoms with Gasteiger partial charge in [0.2, 0.25) is 0 Å². The SMILES string of the molecule is C.NC1=N[C@@]2(c3cc(-c4cncc(F)c4)c(F)cc3F)COC[C@H]2CS1. The Labute approximate surface area is 153 Å². The van der Waals surface area contributed by atoms with E-state index in [1.54, 1.807) is 0 Å². The van der Waals surface area contributed by atoms with Gasteiger partial charge in [0, 0.05) is 40.6 Å². The smallest absolute Gasteiger partial charge is 0.154 e. The van der Waals surface area contributed by atoms with Gasteiger partial charge in [-0.15, -0.1) is 0 Å². The second-order valence-corrected chi connectivity index (χ2v) is 7.14. The average Bonchev–Trinajstić information content (AvgIpc) is 2.98. The summed E-state index contributed by atoms with van der Waals surface area (Å²) in [6, 6.07) is 3.32. The zero-order chi connectivity index (χ0) is 17.6. The minimum absolute atomic E-state index is 0. The molecule has 2 aromatic rings. The summed E-state index contributed by atoms with van der Waals surface area (Å²) >= 11 is 1.39.